The van der Waals surface area contributed by atoms with E-state index in [2.05, 4.69) is 10.3 Å². The van der Waals surface area contributed by atoms with Crippen LogP contribution in [0.5, 0.6) is 5.75 Å². The maximum Gasteiger partial charge on any atom is 0.272 e. The molecule has 1 aromatic carbocycles. The number of aromatic nitrogens is 3. The minimum atomic E-state index is -0.316. The second-order valence-electron chi connectivity index (χ2n) is 8.78. The van der Waals surface area contributed by atoms with Crippen molar-refractivity contribution in [2.24, 2.45) is 0 Å². The Morgan fingerprint density at radius 2 is 2.12 bits per heavy atom. The first-order chi connectivity index (χ1) is 15.7. The highest BCUT2D eigenvalue weighted by atomic mass is 32.1. The fraction of sp³-hybridized carbons (Fsp3) is 0.333. The molecule has 0 atom stereocenters. The van der Waals surface area contributed by atoms with Crippen LogP contribution in [0.15, 0.2) is 35.1 Å². The molecule has 0 aliphatic carbocycles. The number of benzene rings is 1. The minimum absolute atomic E-state index is 0.134. The van der Waals surface area contributed by atoms with Crippen molar-refractivity contribution in [3.05, 3.63) is 57.8 Å². The summed E-state index contributed by atoms with van der Waals surface area (Å²) < 4.78 is 13.0. The summed E-state index contributed by atoms with van der Waals surface area (Å²) in [6.45, 7) is 6.19. The molecule has 4 aromatic rings. The average molecular weight is 465 g/mol. The third kappa shape index (κ3) is 3.98. The Morgan fingerprint density at radius 1 is 1.30 bits per heavy atom. The quantitative estimate of drug-likeness (QED) is 0.493. The summed E-state index contributed by atoms with van der Waals surface area (Å²) in [6, 6.07) is 9.11. The largest absolute Gasteiger partial charge is 0.497 e. The van der Waals surface area contributed by atoms with Crippen molar-refractivity contribution < 1.29 is 14.3 Å². The second kappa shape index (κ2) is 7.93. The van der Waals surface area contributed by atoms with Gasteiger partial charge in [0.25, 0.3) is 5.56 Å². The van der Waals surface area contributed by atoms with Gasteiger partial charge < -0.3 is 14.8 Å². The number of pyridine rings is 1. The van der Waals surface area contributed by atoms with Crippen molar-refractivity contribution >= 4 is 43.4 Å². The van der Waals surface area contributed by atoms with E-state index in [0.717, 1.165) is 21.5 Å². The first kappa shape index (κ1) is 21.5. The molecule has 33 heavy (non-hydrogen) atoms. The normalized spacial score (nSPS) is 14.9. The summed E-state index contributed by atoms with van der Waals surface area (Å²) in [5.74, 6) is 0.797. The molecule has 1 N–H and O–H groups in total. The van der Waals surface area contributed by atoms with Crippen LogP contribution in [0.25, 0.3) is 20.4 Å². The van der Waals surface area contributed by atoms with Crippen molar-refractivity contribution in [2.75, 3.05) is 12.4 Å². The van der Waals surface area contributed by atoms with Gasteiger partial charge in [0.1, 0.15) is 27.6 Å². The van der Waals surface area contributed by atoms with Gasteiger partial charge in [-0.3, -0.25) is 14.2 Å². The molecule has 0 fully saturated rings. The molecule has 0 spiro atoms. The predicted octanol–water partition coefficient (Wildman–Crippen LogP) is 3.81. The van der Waals surface area contributed by atoms with E-state index >= 15 is 0 Å². The van der Waals surface area contributed by atoms with E-state index in [9.17, 15) is 9.59 Å². The summed E-state index contributed by atoms with van der Waals surface area (Å²) >= 11 is 1.32. The van der Waals surface area contributed by atoms with E-state index in [4.69, 9.17) is 14.5 Å². The Balaban J connectivity index is 1.50. The topological polar surface area (TPSA) is 95.3 Å². The van der Waals surface area contributed by atoms with Crippen LogP contribution in [0, 0.1) is 6.92 Å². The number of aryl methyl sites for hydroxylation is 1. The third-order valence-corrected chi connectivity index (χ3v) is 6.87. The number of carbonyl (C=O) groups is 1. The van der Waals surface area contributed by atoms with Crippen LogP contribution in [0.4, 0.5) is 5.69 Å². The number of fused-ring (bicyclic) bond motifs is 4. The van der Waals surface area contributed by atoms with Crippen molar-refractivity contribution in [1.29, 1.82) is 0 Å². The number of hydrogen-bond donors (Lipinski definition) is 1. The summed E-state index contributed by atoms with van der Waals surface area (Å²) in [7, 11) is 1.56. The molecule has 0 bridgehead atoms. The first-order valence-corrected chi connectivity index (χ1v) is 11.5. The van der Waals surface area contributed by atoms with Gasteiger partial charge >= 0.3 is 0 Å². The van der Waals surface area contributed by atoms with Gasteiger partial charge in [0.05, 0.1) is 30.5 Å². The highest BCUT2D eigenvalue weighted by Crippen LogP contribution is 2.34. The number of nitrogens with zero attached hydrogens (tertiary/aromatic N) is 3. The van der Waals surface area contributed by atoms with Crippen LogP contribution in [-0.4, -0.2) is 33.2 Å². The molecule has 8 nitrogen and oxygen atoms in total. The van der Waals surface area contributed by atoms with Gasteiger partial charge in [-0.05, 0) is 39.0 Å². The fourth-order valence-electron chi connectivity index (χ4n) is 4.07. The molecule has 1 amide bonds. The summed E-state index contributed by atoms with van der Waals surface area (Å²) in [4.78, 5) is 36.3. The molecule has 0 saturated carbocycles. The number of ether oxygens (including phenoxy) is 2. The van der Waals surface area contributed by atoms with Crippen LogP contribution in [0.3, 0.4) is 0 Å². The highest BCUT2D eigenvalue weighted by Gasteiger charge is 2.28. The van der Waals surface area contributed by atoms with E-state index in [1.807, 2.05) is 19.9 Å². The standard InChI is InChI=1S/C24H24N4O4S/c1-13-25-20-17-8-14-12-32-24(2,3)10-18(14)27-22(17)33-21(20)23(30)28(13)11-19(29)26-15-6-5-7-16(9-15)31-4/h5-9H,10-12H2,1-4H3,(H,26,29). The Kier molecular flexibility index (Phi) is 5.18. The predicted molar refractivity (Wildman–Crippen MR) is 128 cm³/mol. The molecule has 1 aliphatic heterocycles. The van der Waals surface area contributed by atoms with Gasteiger partial charge in [-0.2, -0.15) is 0 Å². The van der Waals surface area contributed by atoms with Gasteiger partial charge in [-0.1, -0.05) is 6.07 Å². The molecule has 0 saturated heterocycles. The van der Waals surface area contributed by atoms with Gasteiger partial charge in [0, 0.05) is 29.1 Å². The molecule has 5 rings (SSSR count). The lowest BCUT2D eigenvalue weighted by Crippen LogP contribution is -2.32. The molecular weight excluding hydrogens is 440 g/mol. The SMILES string of the molecule is COc1cccc(NC(=O)Cn2c(C)nc3c(sc4nc5c(cc43)COC(C)(C)C5)c2=O)c1. The van der Waals surface area contributed by atoms with Gasteiger partial charge in [-0.15, -0.1) is 11.3 Å². The molecule has 0 radical (unpaired) electrons. The van der Waals surface area contributed by atoms with Crippen molar-refractivity contribution in [2.45, 2.75) is 45.9 Å². The number of methoxy groups -OCH3 is 1. The molecular formula is C24H24N4O4S. The van der Waals surface area contributed by atoms with Crippen LogP contribution in [0.2, 0.25) is 0 Å². The molecule has 3 aromatic heterocycles. The number of hydrogen-bond acceptors (Lipinski definition) is 7. The number of carbonyl (C=O) groups excluding carboxylic acids is 1. The van der Waals surface area contributed by atoms with Crippen molar-refractivity contribution in [3.63, 3.8) is 0 Å². The average Bonchev–Trinajstić information content (AvgIpc) is 3.12. The fourth-order valence-corrected chi connectivity index (χ4v) is 5.14. The van der Waals surface area contributed by atoms with Gasteiger partial charge in [0.2, 0.25) is 5.91 Å². The zero-order valence-corrected chi connectivity index (χ0v) is 19.7. The lowest BCUT2D eigenvalue weighted by Gasteiger charge is -2.30. The zero-order chi connectivity index (χ0) is 23.3. The maximum absolute atomic E-state index is 13.3. The zero-order valence-electron chi connectivity index (χ0n) is 18.9. The number of amides is 1. The number of nitrogens with one attached hydrogen (secondary N) is 1. The maximum atomic E-state index is 13.3. The lowest BCUT2D eigenvalue weighted by atomic mass is 9.95. The lowest BCUT2D eigenvalue weighted by molar-refractivity contribution is -0.116. The van der Waals surface area contributed by atoms with E-state index in [0.29, 0.717) is 40.5 Å². The van der Waals surface area contributed by atoms with Crippen LogP contribution < -0.4 is 15.6 Å². The molecule has 9 heteroatoms. The van der Waals surface area contributed by atoms with Crippen LogP contribution in [-0.2, 0) is 29.1 Å². The van der Waals surface area contributed by atoms with Crippen molar-refractivity contribution in [1.82, 2.24) is 14.5 Å². The first-order valence-electron chi connectivity index (χ1n) is 10.6. The summed E-state index contributed by atoms with van der Waals surface area (Å²) in [6.07, 6.45) is 0.716. The second-order valence-corrected chi connectivity index (χ2v) is 9.78. The van der Waals surface area contributed by atoms with Crippen LogP contribution in [0.1, 0.15) is 30.9 Å². The third-order valence-electron chi connectivity index (χ3n) is 5.80. The molecule has 0 unspecified atom stereocenters. The number of rotatable bonds is 4. The van der Waals surface area contributed by atoms with Crippen LogP contribution >= 0.6 is 11.3 Å². The van der Waals surface area contributed by atoms with E-state index in [1.54, 1.807) is 38.3 Å². The van der Waals surface area contributed by atoms with Gasteiger partial charge in [0.15, 0.2) is 0 Å². The van der Waals surface area contributed by atoms with E-state index in [-0.39, 0.29) is 23.6 Å². The molecule has 4 heterocycles. The Morgan fingerprint density at radius 3 is 2.91 bits per heavy atom. The highest BCUT2D eigenvalue weighted by molar-refractivity contribution is 7.25. The minimum Gasteiger partial charge on any atom is -0.497 e. The smallest absolute Gasteiger partial charge is 0.272 e. The Bertz CT molecular complexity index is 1470. The van der Waals surface area contributed by atoms with Crippen molar-refractivity contribution in [3.8, 4) is 5.75 Å². The van der Waals surface area contributed by atoms with E-state index < -0.39 is 0 Å². The summed E-state index contributed by atoms with van der Waals surface area (Å²) in [5.41, 5.74) is 2.75. The Hall–Kier alpha value is -3.30. The molecule has 170 valence electrons. The molecule has 1 aliphatic rings. The number of thiophene rings is 1. The monoisotopic (exact) mass is 464 g/mol. The number of anilines is 1. The Labute approximate surface area is 194 Å². The summed E-state index contributed by atoms with van der Waals surface area (Å²) in [5, 5.41) is 3.66. The van der Waals surface area contributed by atoms with E-state index in [1.165, 1.54) is 15.9 Å². The van der Waals surface area contributed by atoms with Gasteiger partial charge in [-0.25, -0.2) is 9.97 Å².